The summed E-state index contributed by atoms with van der Waals surface area (Å²) in [5.41, 5.74) is 2.59. The molecule has 0 atom stereocenters. The van der Waals surface area contributed by atoms with Crippen LogP contribution in [0.3, 0.4) is 0 Å². The van der Waals surface area contributed by atoms with Gasteiger partial charge in [-0.1, -0.05) is 12.1 Å². The molecule has 5 nitrogen and oxygen atoms in total. The highest BCUT2D eigenvalue weighted by Gasteiger charge is 2.15. The largest absolute Gasteiger partial charge is 0.396 e. The minimum Gasteiger partial charge on any atom is -0.396 e. The lowest BCUT2D eigenvalue weighted by molar-refractivity contribution is 0.299. The molecule has 0 amide bonds. The first-order valence-electron chi connectivity index (χ1n) is 6.58. The third kappa shape index (κ3) is 4.03. The van der Waals surface area contributed by atoms with Crippen LogP contribution in [0.5, 0.6) is 0 Å². The molecule has 2 rings (SSSR count). The molecule has 2 aromatic rings. The normalized spacial score (nSPS) is 11.4. The second-order valence-electron chi connectivity index (χ2n) is 4.89. The molecular formula is C15H18N2O3S. The van der Waals surface area contributed by atoms with Gasteiger partial charge in [0.25, 0.3) is 10.0 Å². The van der Waals surface area contributed by atoms with Gasteiger partial charge in [0.05, 0.1) is 4.90 Å². The van der Waals surface area contributed by atoms with Crippen LogP contribution in [0.1, 0.15) is 16.8 Å². The maximum atomic E-state index is 12.3. The second-order valence-corrected chi connectivity index (χ2v) is 6.58. The number of anilines is 1. The van der Waals surface area contributed by atoms with Crippen molar-refractivity contribution in [2.24, 2.45) is 0 Å². The van der Waals surface area contributed by atoms with Gasteiger partial charge in [-0.2, -0.15) is 0 Å². The number of benzene rings is 1. The van der Waals surface area contributed by atoms with E-state index in [1.807, 2.05) is 19.9 Å². The zero-order valence-electron chi connectivity index (χ0n) is 12.0. The van der Waals surface area contributed by atoms with Gasteiger partial charge in [-0.3, -0.25) is 4.72 Å². The molecule has 0 aliphatic rings. The molecule has 0 saturated carbocycles. The van der Waals surface area contributed by atoms with E-state index in [9.17, 15) is 8.42 Å². The molecule has 2 N–H and O–H groups in total. The molecule has 6 heteroatoms. The molecule has 0 unspecified atom stereocenters. The minimum atomic E-state index is -3.65. The first kappa shape index (κ1) is 15.5. The van der Waals surface area contributed by atoms with Crippen molar-refractivity contribution in [2.45, 2.75) is 25.2 Å². The summed E-state index contributed by atoms with van der Waals surface area (Å²) in [4.78, 5) is 4.34. The van der Waals surface area contributed by atoms with Crippen LogP contribution in [0, 0.1) is 13.8 Å². The molecule has 0 aliphatic heterocycles. The molecule has 1 aromatic heterocycles. The van der Waals surface area contributed by atoms with Crippen molar-refractivity contribution in [1.29, 1.82) is 0 Å². The fourth-order valence-electron chi connectivity index (χ4n) is 2.05. The van der Waals surface area contributed by atoms with Gasteiger partial charge >= 0.3 is 0 Å². The fraction of sp³-hybridized carbons (Fsp3) is 0.267. The summed E-state index contributed by atoms with van der Waals surface area (Å²) in [6, 6.07) is 10.00. The van der Waals surface area contributed by atoms with E-state index in [4.69, 9.17) is 5.11 Å². The number of hydrogen-bond donors (Lipinski definition) is 2. The predicted octanol–water partition coefficient (Wildman–Crippen LogP) is 2.03. The van der Waals surface area contributed by atoms with E-state index in [1.165, 1.54) is 12.1 Å². The van der Waals surface area contributed by atoms with Crippen LogP contribution in [0.4, 0.5) is 5.82 Å². The van der Waals surface area contributed by atoms with Crippen LogP contribution < -0.4 is 4.72 Å². The van der Waals surface area contributed by atoms with Gasteiger partial charge < -0.3 is 5.11 Å². The summed E-state index contributed by atoms with van der Waals surface area (Å²) in [6.07, 6.45) is 0.506. The fourth-order valence-corrected chi connectivity index (χ4v) is 3.05. The average Bonchev–Trinajstić information content (AvgIpc) is 2.38. The highest BCUT2D eigenvalue weighted by atomic mass is 32.2. The first-order chi connectivity index (χ1) is 9.90. The SMILES string of the molecule is Cc1cc(C)nc(NS(=O)(=O)c2ccc(CCO)cc2)c1. The lowest BCUT2D eigenvalue weighted by Gasteiger charge is -2.09. The Morgan fingerprint density at radius 1 is 1.14 bits per heavy atom. The van der Waals surface area contributed by atoms with Crippen LogP contribution in [-0.2, 0) is 16.4 Å². The zero-order chi connectivity index (χ0) is 15.5. The number of aromatic nitrogens is 1. The smallest absolute Gasteiger partial charge is 0.263 e. The Labute approximate surface area is 124 Å². The molecule has 0 spiro atoms. The number of pyridine rings is 1. The van der Waals surface area contributed by atoms with Crippen LogP contribution >= 0.6 is 0 Å². The Morgan fingerprint density at radius 2 is 1.81 bits per heavy atom. The average molecular weight is 306 g/mol. The Hall–Kier alpha value is -1.92. The number of aliphatic hydroxyl groups is 1. The summed E-state index contributed by atoms with van der Waals surface area (Å²) in [6.45, 7) is 3.74. The number of nitrogens with zero attached hydrogens (tertiary/aromatic N) is 1. The molecule has 0 fully saturated rings. The standard InChI is InChI=1S/C15H18N2O3S/c1-11-9-12(2)16-15(10-11)17-21(19,20)14-5-3-13(4-6-14)7-8-18/h3-6,9-10,18H,7-8H2,1-2H3,(H,16,17). The highest BCUT2D eigenvalue weighted by Crippen LogP contribution is 2.17. The van der Waals surface area contributed by atoms with Gasteiger partial charge in [0, 0.05) is 12.3 Å². The van der Waals surface area contributed by atoms with Gasteiger partial charge in [-0.25, -0.2) is 13.4 Å². The van der Waals surface area contributed by atoms with E-state index in [1.54, 1.807) is 18.2 Å². The Kier molecular flexibility index (Phi) is 4.59. The Bertz CT molecular complexity index is 705. The van der Waals surface area contributed by atoms with Crippen molar-refractivity contribution in [3.63, 3.8) is 0 Å². The first-order valence-corrected chi connectivity index (χ1v) is 8.07. The second kappa shape index (κ2) is 6.24. The highest BCUT2D eigenvalue weighted by molar-refractivity contribution is 7.92. The van der Waals surface area contributed by atoms with Gasteiger partial charge in [0.2, 0.25) is 0 Å². The van der Waals surface area contributed by atoms with Crippen molar-refractivity contribution in [1.82, 2.24) is 4.98 Å². The number of aliphatic hydroxyl groups excluding tert-OH is 1. The number of rotatable bonds is 5. The Balaban J connectivity index is 2.25. The van der Waals surface area contributed by atoms with E-state index in [2.05, 4.69) is 9.71 Å². The van der Waals surface area contributed by atoms with Gasteiger partial charge in [0.1, 0.15) is 5.82 Å². The van der Waals surface area contributed by atoms with Crippen molar-refractivity contribution in [3.05, 3.63) is 53.2 Å². The topological polar surface area (TPSA) is 79.3 Å². The molecule has 0 aliphatic carbocycles. The van der Waals surface area contributed by atoms with Gasteiger partial charge in [-0.15, -0.1) is 0 Å². The predicted molar refractivity (Wildman–Crippen MR) is 81.8 cm³/mol. The van der Waals surface area contributed by atoms with E-state index in [-0.39, 0.29) is 11.5 Å². The maximum Gasteiger partial charge on any atom is 0.263 e. The molecule has 0 radical (unpaired) electrons. The summed E-state index contributed by atoms with van der Waals surface area (Å²) in [5.74, 6) is 0.312. The molecule has 21 heavy (non-hydrogen) atoms. The molecular weight excluding hydrogens is 288 g/mol. The molecule has 112 valence electrons. The summed E-state index contributed by atoms with van der Waals surface area (Å²) in [7, 11) is -3.65. The quantitative estimate of drug-likeness (QED) is 0.886. The lowest BCUT2D eigenvalue weighted by Crippen LogP contribution is -2.14. The zero-order valence-corrected chi connectivity index (χ0v) is 12.8. The number of sulfonamides is 1. The number of hydrogen-bond acceptors (Lipinski definition) is 4. The lowest BCUT2D eigenvalue weighted by atomic mass is 10.2. The number of nitrogens with one attached hydrogen (secondary N) is 1. The van der Waals surface area contributed by atoms with Crippen molar-refractivity contribution in [3.8, 4) is 0 Å². The third-order valence-corrected chi connectivity index (χ3v) is 4.34. The summed E-state index contributed by atoms with van der Waals surface area (Å²) < 4.78 is 27.1. The van der Waals surface area contributed by atoms with Crippen molar-refractivity contribution >= 4 is 15.8 Å². The van der Waals surface area contributed by atoms with Gasteiger partial charge in [0.15, 0.2) is 0 Å². The molecule has 0 saturated heterocycles. The minimum absolute atomic E-state index is 0.0385. The maximum absolute atomic E-state index is 12.3. The van der Waals surface area contributed by atoms with Gasteiger partial charge in [-0.05, 0) is 55.7 Å². The van der Waals surface area contributed by atoms with Crippen LogP contribution in [-0.4, -0.2) is 25.1 Å². The van der Waals surface area contributed by atoms with E-state index >= 15 is 0 Å². The summed E-state index contributed by atoms with van der Waals surface area (Å²) in [5, 5.41) is 8.86. The monoisotopic (exact) mass is 306 g/mol. The molecule has 1 heterocycles. The van der Waals surface area contributed by atoms with Crippen molar-refractivity contribution in [2.75, 3.05) is 11.3 Å². The van der Waals surface area contributed by atoms with E-state index in [0.29, 0.717) is 12.2 Å². The molecule has 0 bridgehead atoms. The number of aryl methyl sites for hydroxylation is 2. The third-order valence-electron chi connectivity index (χ3n) is 2.97. The molecule has 1 aromatic carbocycles. The van der Waals surface area contributed by atoms with E-state index in [0.717, 1.165) is 16.8 Å². The van der Waals surface area contributed by atoms with Crippen LogP contribution in [0.2, 0.25) is 0 Å². The van der Waals surface area contributed by atoms with E-state index < -0.39 is 10.0 Å². The Morgan fingerprint density at radius 3 is 2.38 bits per heavy atom. The van der Waals surface area contributed by atoms with Crippen LogP contribution in [0.15, 0.2) is 41.3 Å². The summed E-state index contributed by atoms with van der Waals surface area (Å²) >= 11 is 0. The van der Waals surface area contributed by atoms with Crippen LogP contribution in [0.25, 0.3) is 0 Å². The van der Waals surface area contributed by atoms with Crippen molar-refractivity contribution < 1.29 is 13.5 Å².